The standard InChI is InChI=1S/C12H11N.C7H6O2/c1-3-7-11(8-4-1)13-12-9-5-2-6-10-12;8-7(9)6-4-2-1-3-5-6/h1-10,13H;1-5H,(H,8,9). The van der Waals surface area contributed by atoms with Crippen molar-refractivity contribution in [3.8, 4) is 0 Å². The lowest BCUT2D eigenvalue weighted by molar-refractivity contribution is -0.478. The normalized spacial score (nSPS) is 9.45. The quantitative estimate of drug-likeness (QED) is 0.753. The number of hydrogen-bond acceptors (Lipinski definition) is 2. The van der Waals surface area contributed by atoms with Crippen molar-refractivity contribution < 1.29 is 15.2 Å². The fourth-order valence-electron chi connectivity index (χ4n) is 1.87. The number of para-hydroxylation sites is 2. The number of hydrogen-bond donors (Lipinski definition) is 1. The lowest BCUT2D eigenvalue weighted by atomic mass is 10.2. The van der Waals surface area contributed by atoms with Crippen LogP contribution in [-0.4, -0.2) is 5.97 Å². The van der Waals surface area contributed by atoms with Crippen molar-refractivity contribution in [1.29, 1.82) is 0 Å². The van der Waals surface area contributed by atoms with Crippen LogP contribution in [0.4, 0.5) is 11.4 Å². The monoisotopic (exact) mass is 291 g/mol. The molecule has 0 aliphatic rings. The van der Waals surface area contributed by atoms with E-state index in [4.69, 9.17) is 0 Å². The second-order valence-corrected chi connectivity index (χ2v) is 4.62. The van der Waals surface area contributed by atoms with Gasteiger partial charge in [-0.3, -0.25) is 5.32 Å². The number of carbonyl (C=O) groups excluding carboxylic acids is 1. The van der Waals surface area contributed by atoms with Crippen molar-refractivity contribution in [3.63, 3.8) is 0 Å². The van der Waals surface area contributed by atoms with Crippen molar-refractivity contribution in [2.24, 2.45) is 0 Å². The highest BCUT2D eigenvalue weighted by Crippen LogP contribution is 2.02. The molecule has 22 heavy (non-hydrogen) atoms. The molecule has 0 aromatic heterocycles. The Bertz CT molecular complexity index is 645. The summed E-state index contributed by atoms with van der Waals surface area (Å²) >= 11 is 0. The van der Waals surface area contributed by atoms with E-state index in [2.05, 4.69) is 53.8 Å². The molecule has 0 unspecified atom stereocenters. The number of rotatable bonds is 3. The van der Waals surface area contributed by atoms with E-state index >= 15 is 0 Å². The fraction of sp³-hybridized carbons (Fsp3) is 0. The molecule has 3 aromatic carbocycles. The van der Waals surface area contributed by atoms with Gasteiger partial charge in [-0.2, -0.15) is 0 Å². The van der Waals surface area contributed by atoms with Crippen LogP contribution >= 0.6 is 0 Å². The predicted octanol–water partition coefficient (Wildman–Crippen LogP) is 2.26. The maximum Gasteiger partial charge on any atom is 0.134 e. The topological polar surface area (TPSA) is 56.7 Å². The summed E-state index contributed by atoms with van der Waals surface area (Å²) in [6.45, 7) is 0. The van der Waals surface area contributed by atoms with E-state index in [9.17, 15) is 9.90 Å². The molecule has 0 fully saturated rings. The average Bonchev–Trinajstić information content (AvgIpc) is 2.58. The Morgan fingerprint density at radius 2 is 1.00 bits per heavy atom. The van der Waals surface area contributed by atoms with Gasteiger partial charge in [0.2, 0.25) is 0 Å². The molecule has 0 aliphatic heterocycles. The van der Waals surface area contributed by atoms with Gasteiger partial charge in [0.1, 0.15) is 11.4 Å². The third kappa shape index (κ3) is 5.23. The predicted molar refractivity (Wildman–Crippen MR) is 84.9 cm³/mol. The number of carboxylic acids is 1. The van der Waals surface area contributed by atoms with Gasteiger partial charge in [0.15, 0.2) is 0 Å². The van der Waals surface area contributed by atoms with Crippen molar-refractivity contribution in [2.75, 3.05) is 0 Å². The summed E-state index contributed by atoms with van der Waals surface area (Å²) in [5.41, 5.74) is 2.71. The molecule has 3 aromatic rings. The molecule has 3 rings (SSSR count). The molecule has 3 nitrogen and oxygen atoms in total. The van der Waals surface area contributed by atoms with Crippen LogP contribution in [0.2, 0.25) is 0 Å². The SMILES string of the molecule is O=C([O-])c1ccccc1.c1ccc([NH2+]c2ccccc2)cc1. The maximum absolute atomic E-state index is 10.1. The van der Waals surface area contributed by atoms with Gasteiger partial charge in [0.25, 0.3) is 0 Å². The first-order valence-corrected chi connectivity index (χ1v) is 6.97. The molecule has 0 saturated heterocycles. The highest BCUT2D eigenvalue weighted by Gasteiger charge is 1.96. The van der Waals surface area contributed by atoms with Gasteiger partial charge in [-0.25, -0.2) is 0 Å². The van der Waals surface area contributed by atoms with Gasteiger partial charge in [-0.1, -0.05) is 66.7 Å². The van der Waals surface area contributed by atoms with Crippen molar-refractivity contribution >= 4 is 17.3 Å². The summed E-state index contributed by atoms with van der Waals surface area (Å²) < 4.78 is 0. The average molecular weight is 291 g/mol. The number of quaternary nitrogens is 1. The van der Waals surface area contributed by atoms with Gasteiger partial charge in [0.05, 0.1) is 5.97 Å². The highest BCUT2D eigenvalue weighted by molar-refractivity contribution is 5.85. The molecule has 0 spiro atoms. The molecule has 0 atom stereocenters. The lowest BCUT2D eigenvalue weighted by Crippen LogP contribution is -2.70. The van der Waals surface area contributed by atoms with Crippen LogP contribution in [0.1, 0.15) is 10.4 Å². The van der Waals surface area contributed by atoms with E-state index in [0.29, 0.717) is 0 Å². The van der Waals surface area contributed by atoms with Crippen molar-refractivity contribution in [3.05, 3.63) is 96.6 Å². The Kier molecular flexibility index (Phi) is 5.91. The molecular weight excluding hydrogens is 274 g/mol. The summed E-state index contributed by atoms with van der Waals surface area (Å²) in [6, 6.07) is 28.7. The number of nitrogens with two attached hydrogens (primary N) is 1. The second kappa shape index (κ2) is 8.39. The van der Waals surface area contributed by atoms with Gasteiger partial charge >= 0.3 is 0 Å². The van der Waals surface area contributed by atoms with Crippen LogP contribution in [0.3, 0.4) is 0 Å². The molecular formula is C19H17NO2. The van der Waals surface area contributed by atoms with Gasteiger partial charge in [-0.15, -0.1) is 0 Å². The Hall–Kier alpha value is -2.91. The minimum atomic E-state index is -1.13. The summed E-state index contributed by atoms with van der Waals surface area (Å²) in [6.07, 6.45) is 0. The Labute approximate surface area is 129 Å². The summed E-state index contributed by atoms with van der Waals surface area (Å²) in [5, 5.41) is 12.3. The Morgan fingerprint density at radius 1 is 0.636 bits per heavy atom. The smallest absolute Gasteiger partial charge is 0.134 e. The molecule has 2 N–H and O–H groups in total. The second-order valence-electron chi connectivity index (χ2n) is 4.62. The summed E-state index contributed by atoms with van der Waals surface area (Å²) in [4.78, 5) is 10.1. The molecule has 0 bridgehead atoms. The highest BCUT2D eigenvalue weighted by atomic mass is 16.4. The van der Waals surface area contributed by atoms with E-state index in [0.717, 1.165) is 0 Å². The third-order valence-corrected chi connectivity index (χ3v) is 2.94. The minimum Gasteiger partial charge on any atom is -0.545 e. The van der Waals surface area contributed by atoms with E-state index in [1.54, 1.807) is 18.2 Å². The molecule has 0 heterocycles. The van der Waals surface area contributed by atoms with Gasteiger partial charge in [-0.05, 0) is 29.8 Å². The van der Waals surface area contributed by atoms with E-state index < -0.39 is 5.97 Å². The van der Waals surface area contributed by atoms with E-state index in [-0.39, 0.29) is 5.56 Å². The number of carboxylic acid groups (broad SMARTS) is 1. The zero-order valence-corrected chi connectivity index (χ0v) is 12.1. The van der Waals surface area contributed by atoms with Crippen molar-refractivity contribution in [1.82, 2.24) is 0 Å². The molecule has 0 saturated carbocycles. The zero-order valence-electron chi connectivity index (χ0n) is 12.1. The first-order chi connectivity index (χ1) is 10.8. The molecule has 0 radical (unpaired) electrons. The molecule has 0 amide bonds. The Balaban J connectivity index is 0.000000172. The zero-order chi connectivity index (χ0) is 15.6. The number of carbonyl (C=O) groups is 1. The van der Waals surface area contributed by atoms with Crippen LogP contribution in [0.5, 0.6) is 0 Å². The number of aromatic carboxylic acids is 1. The number of benzene rings is 3. The first-order valence-electron chi connectivity index (χ1n) is 6.97. The first kappa shape index (κ1) is 15.5. The minimum absolute atomic E-state index is 0.220. The lowest BCUT2D eigenvalue weighted by Gasteiger charge is -1.98. The molecule has 3 heteroatoms. The van der Waals surface area contributed by atoms with Crippen LogP contribution in [0.15, 0.2) is 91.0 Å². The fourth-order valence-corrected chi connectivity index (χ4v) is 1.87. The molecule has 0 aliphatic carbocycles. The summed E-state index contributed by atoms with van der Waals surface area (Å²) in [5.74, 6) is -1.13. The van der Waals surface area contributed by atoms with E-state index in [1.807, 2.05) is 12.1 Å². The third-order valence-electron chi connectivity index (χ3n) is 2.94. The van der Waals surface area contributed by atoms with Crippen molar-refractivity contribution in [2.45, 2.75) is 0 Å². The van der Waals surface area contributed by atoms with Gasteiger partial charge < -0.3 is 9.90 Å². The van der Waals surface area contributed by atoms with E-state index in [1.165, 1.54) is 23.5 Å². The van der Waals surface area contributed by atoms with Crippen LogP contribution in [-0.2, 0) is 0 Å². The summed E-state index contributed by atoms with van der Waals surface area (Å²) in [7, 11) is 0. The van der Waals surface area contributed by atoms with Crippen LogP contribution < -0.4 is 10.4 Å². The largest absolute Gasteiger partial charge is 0.545 e. The Morgan fingerprint density at radius 3 is 1.32 bits per heavy atom. The van der Waals surface area contributed by atoms with Crippen LogP contribution in [0, 0.1) is 0 Å². The molecule has 110 valence electrons. The van der Waals surface area contributed by atoms with Gasteiger partial charge in [0, 0.05) is 0 Å². The maximum atomic E-state index is 10.1. The van der Waals surface area contributed by atoms with Crippen LogP contribution in [0.25, 0.3) is 0 Å².